The second kappa shape index (κ2) is 5.94. The molecule has 0 aliphatic carbocycles. The van der Waals surface area contributed by atoms with E-state index in [-0.39, 0.29) is 0 Å². The second-order valence-corrected chi connectivity index (χ2v) is 4.94. The van der Waals surface area contributed by atoms with Crippen LogP contribution in [-0.2, 0) is 6.61 Å². The van der Waals surface area contributed by atoms with Gasteiger partial charge in [-0.15, -0.1) is 0 Å². The molecule has 0 saturated carbocycles. The maximum absolute atomic E-state index is 8.86. The first-order valence-corrected chi connectivity index (χ1v) is 6.85. The van der Waals surface area contributed by atoms with Gasteiger partial charge >= 0.3 is 0 Å². The molecule has 0 fully saturated rings. The van der Waals surface area contributed by atoms with Gasteiger partial charge in [-0.1, -0.05) is 17.7 Å². The third kappa shape index (κ3) is 3.04. The standard InChI is InChI=1S/C16H12ClNO3/c17-14-7-12(8-15-16(14)20-5-4-19-15)10-21-13-3-1-2-11(6-13)9-18/h1-3,6-8H,4-5,10H2. The van der Waals surface area contributed by atoms with Crippen molar-refractivity contribution in [3.63, 3.8) is 0 Å². The Morgan fingerprint density at radius 3 is 2.90 bits per heavy atom. The van der Waals surface area contributed by atoms with E-state index in [9.17, 15) is 0 Å². The molecule has 106 valence electrons. The van der Waals surface area contributed by atoms with Crippen molar-refractivity contribution in [2.75, 3.05) is 13.2 Å². The molecule has 5 heteroatoms. The highest BCUT2D eigenvalue weighted by Gasteiger charge is 2.16. The van der Waals surface area contributed by atoms with Gasteiger partial charge in [0.2, 0.25) is 0 Å². The molecular formula is C16H12ClNO3. The van der Waals surface area contributed by atoms with E-state index >= 15 is 0 Å². The van der Waals surface area contributed by atoms with Gasteiger partial charge in [0, 0.05) is 0 Å². The van der Waals surface area contributed by atoms with Crippen molar-refractivity contribution in [3.8, 4) is 23.3 Å². The Bertz CT molecular complexity index is 709. The Labute approximate surface area is 127 Å². The van der Waals surface area contributed by atoms with E-state index in [1.54, 1.807) is 30.3 Å². The number of hydrogen-bond donors (Lipinski definition) is 0. The predicted octanol–water partition coefficient (Wildman–Crippen LogP) is 3.56. The Balaban J connectivity index is 1.76. The highest BCUT2D eigenvalue weighted by Crippen LogP contribution is 2.38. The summed E-state index contributed by atoms with van der Waals surface area (Å²) < 4.78 is 16.7. The minimum absolute atomic E-state index is 0.339. The lowest BCUT2D eigenvalue weighted by atomic mass is 10.2. The van der Waals surface area contributed by atoms with Crippen LogP contribution in [0, 0.1) is 11.3 Å². The maximum Gasteiger partial charge on any atom is 0.179 e. The van der Waals surface area contributed by atoms with E-state index in [1.165, 1.54) is 0 Å². The van der Waals surface area contributed by atoms with Crippen molar-refractivity contribution in [1.29, 1.82) is 5.26 Å². The molecule has 0 aromatic heterocycles. The van der Waals surface area contributed by atoms with Crippen molar-refractivity contribution in [2.24, 2.45) is 0 Å². The highest BCUT2D eigenvalue weighted by atomic mass is 35.5. The first-order chi connectivity index (χ1) is 10.3. The molecule has 1 aliphatic rings. The van der Waals surface area contributed by atoms with Crippen molar-refractivity contribution < 1.29 is 14.2 Å². The lowest BCUT2D eigenvalue weighted by molar-refractivity contribution is 0.171. The molecule has 0 atom stereocenters. The van der Waals surface area contributed by atoms with E-state index in [1.807, 2.05) is 6.07 Å². The van der Waals surface area contributed by atoms with Crippen LogP contribution >= 0.6 is 11.6 Å². The molecule has 1 heterocycles. The van der Waals surface area contributed by atoms with Crippen LogP contribution in [0.25, 0.3) is 0 Å². The van der Waals surface area contributed by atoms with Gasteiger partial charge in [0.1, 0.15) is 25.6 Å². The summed E-state index contributed by atoms with van der Waals surface area (Å²) in [6.45, 7) is 1.35. The quantitative estimate of drug-likeness (QED) is 0.870. The fraction of sp³-hybridized carbons (Fsp3) is 0.188. The summed E-state index contributed by atoms with van der Waals surface area (Å²) in [4.78, 5) is 0. The van der Waals surface area contributed by atoms with Crippen molar-refractivity contribution >= 4 is 11.6 Å². The third-order valence-electron chi connectivity index (χ3n) is 3.03. The number of ether oxygens (including phenoxy) is 3. The normalized spacial score (nSPS) is 12.6. The molecule has 0 radical (unpaired) electrons. The van der Waals surface area contributed by atoms with Gasteiger partial charge in [-0.05, 0) is 35.9 Å². The van der Waals surface area contributed by atoms with E-state index in [2.05, 4.69) is 6.07 Å². The largest absolute Gasteiger partial charge is 0.489 e. The van der Waals surface area contributed by atoms with Crippen molar-refractivity contribution in [3.05, 3.63) is 52.5 Å². The van der Waals surface area contributed by atoms with Crippen LogP contribution in [0.2, 0.25) is 5.02 Å². The molecule has 0 spiro atoms. The third-order valence-corrected chi connectivity index (χ3v) is 3.31. The van der Waals surface area contributed by atoms with Crippen LogP contribution in [0.1, 0.15) is 11.1 Å². The number of halogens is 1. The molecule has 1 aliphatic heterocycles. The van der Waals surface area contributed by atoms with Crippen LogP contribution < -0.4 is 14.2 Å². The number of nitrogens with zero attached hydrogens (tertiary/aromatic N) is 1. The summed E-state index contributed by atoms with van der Waals surface area (Å²) >= 11 is 6.17. The monoisotopic (exact) mass is 301 g/mol. The number of hydrogen-bond acceptors (Lipinski definition) is 4. The first kappa shape index (κ1) is 13.6. The van der Waals surface area contributed by atoms with Crippen LogP contribution in [0.15, 0.2) is 36.4 Å². The molecule has 0 bridgehead atoms. The summed E-state index contributed by atoms with van der Waals surface area (Å²) in [5.74, 6) is 1.86. The lowest BCUT2D eigenvalue weighted by Crippen LogP contribution is -2.16. The Morgan fingerprint density at radius 1 is 1.19 bits per heavy atom. The van der Waals surface area contributed by atoms with E-state index in [0.29, 0.717) is 47.7 Å². The molecule has 0 unspecified atom stereocenters. The van der Waals surface area contributed by atoms with Crippen LogP contribution in [0.4, 0.5) is 0 Å². The maximum atomic E-state index is 8.86. The molecule has 4 nitrogen and oxygen atoms in total. The van der Waals surface area contributed by atoms with E-state index in [0.717, 1.165) is 5.56 Å². The summed E-state index contributed by atoms with van der Waals surface area (Å²) in [5.41, 5.74) is 1.44. The van der Waals surface area contributed by atoms with Gasteiger partial charge in [0.15, 0.2) is 11.5 Å². The Kier molecular flexibility index (Phi) is 3.85. The van der Waals surface area contributed by atoms with Crippen LogP contribution in [0.5, 0.6) is 17.2 Å². The molecular weight excluding hydrogens is 290 g/mol. The average Bonchev–Trinajstić information content (AvgIpc) is 2.53. The van der Waals surface area contributed by atoms with E-state index in [4.69, 9.17) is 31.1 Å². The van der Waals surface area contributed by atoms with Crippen LogP contribution in [0.3, 0.4) is 0 Å². The Morgan fingerprint density at radius 2 is 2.05 bits per heavy atom. The summed E-state index contributed by atoms with van der Waals surface area (Å²) in [6, 6.07) is 12.7. The topological polar surface area (TPSA) is 51.5 Å². The van der Waals surface area contributed by atoms with Crippen LogP contribution in [-0.4, -0.2) is 13.2 Å². The van der Waals surface area contributed by atoms with Gasteiger partial charge in [-0.3, -0.25) is 0 Å². The van der Waals surface area contributed by atoms with Crippen molar-refractivity contribution in [2.45, 2.75) is 6.61 Å². The zero-order chi connectivity index (χ0) is 14.7. The zero-order valence-electron chi connectivity index (χ0n) is 11.1. The Hall–Kier alpha value is -2.38. The summed E-state index contributed by atoms with van der Waals surface area (Å²) in [7, 11) is 0. The summed E-state index contributed by atoms with van der Waals surface area (Å²) in [5, 5.41) is 9.37. The summed E-state index contributed by atoms with van der Waals surface area (Å²) in [6.07, 6.45) is 0. The minimum atomic E-state index is 0.339. The fourth-order valence-corrected chi connectivity index (χ4v) is 2.36. The first-order valence-electron chi connectivity index (χ1n) is 6.47. The molecule has 0 N–H and O–H groups in total. The fourth-order valence-electron chi connectivity index (χ4n) is 2.07. The lowest BCUT2D eigenvalue weighted by Gasteiger charge is -2.20. The second-order valence-electron chi connectivity index (χ2n) is 4.53. The van der Waals surface area contributed by atoms with Gasteiger partial charge in [0.05, 0.1) is 16.7 Å². The number of nitriles is 1. The number of rotatable bonds is 3. The average molecular weight is 302 g/mol. The number of benzene rings is 2. The molecule has 3 rings (SSSR count). The molecule has 0 amide bonds. The predicted molar refractivity (Wildman–Crippen MR) is 77.9 cm³/mol. The van der Waals surface area contributed by atoms with Gasteiger partial charge in [-0.25, -0.2) is 0 Å². The van der Waals surface area contributed by atoms with Gasteiger partial charge in [-0.2, -0.15) is 5.26 Å². The smallest absolute Gasteiger partial charge is 0.179 e. The molecule has 0 saturated heterocycles. The highest BCUT2D eigenvalue weighted by molar-refractivity contribution is 6.32. The van der Waals surface area contributed by atoms with Gasteiger partial charge < -0.3 is 14.2 Å². The number of fused-ring (bicyclic) bond motifs is 1. The SMILES string of the molecule is N#Cc1cccc(OCc2cc(Cl)c3c(c2)OCCO3)c1. The van der Waals surface area contributed by atoms with Crippen molar-refractivity contribution in [1.82, 2.24) is 0 Å². The molecule has 2 aromatic carbocycles. The van der Waals surface area contributed by atoms with Gasteiger partial charge in [0.25, 0.3) is 0 Å². The molecule has 2 aromatic rings. The van der Waals surface area contributed by atoms with E-state index < -0.39 is 0 Å². The molecule has 21 heavy (non-hydrogen) atoms. The minimum Gasteiger partial charge on any atom is -0.489 e. The zero-order valence-corrected chi connectivity index (χ0v) is 11.9.